The Bertz CT molecular complexity index is 501. The zero-order valence-electron chi connectivity index (χ0n) is 10.9. The van der Waals surface area contributed by atoms with Crippen molar-refractivity contribution >= 4 is 17.7 Å². The Hall–Kier alpha value is -2.37. The van der Waals surface area contributed by atoms with Crippen LogP contribution in [0.25, 0.3) is 0 Å². The lowest BCUT2D eigenvalue weighted by atomic mass is 10.1. The summed E-state index contributed by atoms with van der Waals surface area (Å²) in [5.41, 5.74) is 0. The minimum atomic E-state index is -0.628. The average molecular weight is 276 g/mol. The molecule has 1 aromatic rings. The van der Waals surface area contributed by atoms with Gasteiger partial charge in [-0.3, -0.25) is 19.7 Å². The number of amides is 3. The molecule has 2 N–H and O–H groups in total. The molecule has 1 aliphatic heterocycles. The van der Waals surface area contributed by atoms with E-state index in [2.05, 4.69) is 10.6 Å². The Morgan fingerprint density at radius 2 is 2.05 bits per heavy atom. The smallest absolute Gasteiger partial charge is 0.249 e. The number of imide groups is 1. The van der Waals surface area contributed by atoms with Crippen LogP contribution in [0, 0.1) is 0 Å². The van der Waals surface area contributed by atoms with Gasteiger partial charge in [-0.05, 0) is 18.6 Å². The van der Waals surface area contributed by atoms with Crippen LogP contribution in [0.1, 0.15) is 19.3 Å². The number of para-hydroxylation sites is 1. The Morgan fingerprint density at radius 3 is 2.75 bits per heavy atom. The molecule has 20 heavy (non-hydrogen) atoms. The molecule has 1 fully saturated rings. The van der Waals surface area contributed by atoms with Gasteiger partial charge >= 0.3 is 0 Å². The Kier molecular flexibility index (Phi) is 4.70. The number of rotatable bonds is 5. The van der Waals surface area contributed by atoms with E-state index >= 15 is 0 Å². The van der Waals surface area contributed by atoms with E-state index in [0.717, 1.165) is 0 Å². The fraction of sp³-hybridized carbons (Fsp3) is 0.357. The van der Waals surface area contributed by atoms with Gasteiger partial charge < -0.3 is 10.1 Å². The number of carbonyl (C=O) groups excluding carboxylic acids is 3. The molecule has 1 saturated heterocycles. The van der Waals surface area contributed by atoms with Crippen LogP contribution in [0.3, 0.4) is 0 Å². The number of hydrogen-bond donors (Lipinski definition) is 2. The second-order valence-corrected chi connectivity index (χ2v) is 4.48. The molecular weight excluding hydrogens is 260 g/mol. The van der Waals surface area contributed by atoms with E-state index in [1.807, 2.05) is 18.2 Å². The van der Waals surface area contributed by atoms with E-state index in [1.165, 1.54) is 0 Å². The molecule has 1 atom stereocenters. The molecule has 0 aliphatic carbocycles. The van der Waals surface area contributed by atoms with Gasteiger partial charge in [-0.2, -0.15) is 0 Å². The summed E-state index contributed by atoms with van der Waals surface area (Å²) in [5, 5.41) is 4.79. The van der Waals surface area contributed by atoms with Gasteiger partial charge in [0.05, 0.1) is 13.0 Å². The van der Waals surface area contributed by atoms with Gasteiger partial charge in [0.1, 0.15) is 11.8 Å². The number of carbonyl (C=O) groups is 3. The first-order chi connectivity index (χ1) is 9.65. The maximum Gasteiger partial charge on any atom is 0.249 e. The summed E-state index contributed by atoms with van der Waals surface area (Å²) in [4.78, 5) is 34.1. The molecule has 1 heterocycles. The third kappa shape index (κ3) is 4.08. The van der Waals surface area contributed by atoms with Crippen molar-refractivity contribution < 1.29 is 19.1 Å². The highest BCUT2D eigenvalue weighted by molar-refractivity contribution is 6.01. The van der Waals surface area contributed by atoms with Crippen molar-refractivity contribution in [2.75, 3.05) is 6.61 Å². The molecule has 6 heteroatoms. The second-order valence-electron chi connectivity index (χ2n) is 4.48. The summed E-state index contributed by atoms with van der Waals surface area (Å²) in [7, 11) is 0. The Labute approximate surface area is 116 Å². The topological polar surface area (TPSA) is 84.5 Å². The highest BCUT2D eigenvalue weighted by Gasteiger charge is 2.27. The molecule has 2 rings (SSSR count). The van der Waals surface area contributed by atoms with Crippen LogP contribution in [0.2, 0.25) is 0 Å². The quantitative estimate of drug-likeness (QED) is 0.761. The van der Waals surface area contributed by atoms with Crippen molar-refractivity contribution in [3.8, 4) is 5.75 Å². The van der Waals surface area contributed by atoms with Crippen LogP contribution in [0.15, 0.2) is 30.3 Å². The summed E-state index contributed by atoms with van der Waals surface area (Å²) in [6, 6.07) is 8.55. The molecule has 1 aliphatic rings. The van der Waals surface area contributed by atoms with Crippen molar-refractivity contribution in [2.24, 2.45) is 0 Å². The van der Waals surface area contributed by atoms with Crippen LogP contribution < -0.4 is 15.4 Å². The van der Waals surface area contributed by atoms with E-state index in [9.17, 15) is 14.4 Å². The molecule has 0 spiro atoms. The lowest BCUT2D eigenvalue weighted by Gasteiger charge is -2.21. The van der Waals surface area contributed by atoms with Crippen molar-refractivity contribution in [1.82, 2.24) is 10.6 Å². The molecular formula is C14H16N2O4. The Balaban J connectivity index is 1.70. The molecule has 3 amide bonds. The SMILES string of the molecule is O=C1CCC(NC(=O)CCOc2ccccc2)C(=O)N1. The molecule has 0 aromatic heterocycles. The highest BCUT2D eigenvalue weighted by Crippen LogP contribution is 2.08. The van der Waals surface area contributed by atoms with Crippen LogP contribution in [-0.4, -0.2) is 30.4 Å². The number of ether oxygens (including phenoxy) is 1. The monoisotopic (exact) mass is 276 g/mol. The lowest BCUT2D eigenvalue weighted by Crippen LogP contribution is -2.52. The molecule has 1 unspecified atom stereocenters. The van der Waals surface area contributed by atoms with Gasteiger partial charge in [-0.25, -0.2) is 0 Å². The predicted molar refractivity (Wildman–Crippen MR) is 70.9 cm³/mol. The highest BCUT2D eigenvalue weighted by atomic mass is 16.5. The Morgan fingerprint density at radius 1 is 1.30 bits per heavy atom. The van der Waals surface area contributed by atoms with Gasteiger partial charge in [0, 0.05) is 6.42 Å². The van der Waals surface area contributed by atoms with Crippen molar-refractivity contribution in [1.29, 1.82) is 0 Å². The summed E-state index contributed by atoms with van der Waals surface area (Å²) < 4.78 is 5.39. The molecule has 6 nitrogen and oxygen atoms in total. The number of benzene rings is 1. The van der Waals surface area contributed by atoms with Gasteiger partial charge in [0.2, 0.25) is 17.7 Å². The maximum absolute atomic E-state index is 11.7. The van der Waals surface area contributed by atoms with Crippen LogP contribution in [0.5, 0.6) is 5.75 Å². The number of hydrogen-bond acceptors (Lipinski definition) is 4. The standard InChI is InChI=1S/C14H16N2O4/c17-12-7-6-11(14(19)16-12)15-13(18)8-9-20-10-4-2-1-3-5-10/h1-5,11H,6-9H2,(H,15,18)(H,16,17,19). The fourth-order valence-electron chi connectivity index (χ4n) is 1.88. The van der Waals surface area contributed by atoms with Crippen molar-refractivity contribution in [2.45, 2.75) is 25.3 Å². The lowest BCUT2D eigenvalue weighted by molar-refractivity contribution is -0.137. The van der Waals surface area contributed by atoms with E-state index in [0.29, 0.717) is 12.2 Å². The largest absolute Gasteiger partial charge is 0.493 e. The molecule has 0 radical (unpaired) electrons. The van der Waals surface area contributed by atoms with Crippen molar-refractivity contribution in [3.05, 3.63) is 30.3 Å². The minimum absolute atomic E-state index is 0.159. The maximum atomic E-state index is 11.7. The molecule has 0 bridgehead atoms. The van der Waals surface area contributed by atoms with E-state index in [1.54, 1.807) is 12.1 Å². The summed E-state index contributed by atoms with van der Waals surface area (Å²) in [6.07, 6.45) is 0.750. The van der Waals surface area contributed by atoms with Gasteiger partial charge in [-0.1, -0.05) is 18.2 Å². The van der Waals surface area contributed by atoms with Crippen LogP contribution in [-0.2, 0) is 14.4 Å². The first kappa shape index (κ1) is 14.0. The van der Waals surface area contributed by atoms with Crippen LogP contribution in [0.4, 0.5) is 0 Å². The fourth-order valence-corrected chi connectivity index (χ4v) is 1.88. The second kappa shape index (κ2) is 6.70. The normalized spacial score (nSPS) is 18.3. The van der Waals surface area contributed by atoms with E-state index in [4.69, 9.17) is 4.74 Å². The minimum Gasteiger partial charge on any atom is -0.493 e. The van der Waals surface area contributed by atoms with E-state index in [-0.39, 0.29) is 31.3 Å². The summed E-state index contributed by atoms with van der Waals surface area (Å²) >= 11 is 0. The number of piperidine rings is 1. The van der Waals surface area contributed by atoms with Gasteiger partial charge in [0.15, 0.2) is 0 Å². The van der Waals surface area contributed by atoms with Gasteiger partial charge in [-0.15, -0.1) is 0 Å². The molecule has 106 valence electrons. The van der Waals surface area contributed by atoms with Gasteiger partial charge in [0.25, 0.3) is 0 Å². The third-order valence-corrected chi connectivity index (χ3v) is 2.92. The zero-order chi connectivity index (χ0) is 14.4. The summed E-state index contributed by atoms with van der Waals surface area (Å²) in [6.45, 7) is 0.239. The molecule has 1 aromatic carbocycles. The summed E-state index contributed by atoms with van der Waals surface area (Å²) in [5.74, 6) is -0.316. The third-order valence-electron chi connectivity index (χ3n) is 2.92. The first-order valence-electron chi connectivity index (χ1n) is 6.46. The van der Waals surface area contributed by atoms with Crippen molar-refractivity contribution in [3.63, 3.8) is 0 Å². The molecule has 0 saturated carbocycles. The van der Waals surface area contributed by atoms with Crippen LogP contribution >= 0.6 is 0 Å². The van der Waals surface area contributed by atoms with E-state index < -0.39 is 11.9 Å². The number of nitrogens with one attached hydrogen (secondary N) is 2. The first-order valence-corrected chi connectivity index (χ1v) is 6.46. The predicted octanol–water partition coefficient (Wildman–Crippen LogP) is 0.377. The average Bonchev–Trinajstić information content (AvgIpc) is 2.43. The zero-order valence-corrected chi connectivity index (χ0v) is 10.9.